The highest BCUT2D eigenvalue weighted by molar-refractivity contribution is 5.92. The Morgan fingerprint density at radius 2 is 1.90 bits per heavy atom. The van der Waals surface area contributed by atoms with E-state index in [4.69, 9.17) is 9.47 Å². The highest BCUT2D eigenvalue weighted by Gasteiger charge is 2.21. The van der Waals surface area contributed by atoms with Gasteiger partial charge >= 0.3 is 5.97 Å². The largest absolute Gasteiger partial charge is 0.477 e. The predicted molar refractivity (Wildman–Crippen MR) is 74.3 cm³/mol. The first-order chi connectivity index (χ1) is 9.51. The molecule has 0 amide bonds. The summed E-state index contributed by atoms with van der Waals surface area (Å²) in [6.45, 7) is 8.30. The summed E-state index contributed by atoms with van der Waals surface area (Å²) in [7, 11) is 0. The van der Waals surface area contributed by atoms with E-state index in [2.05, 4.69) is 10.2 Å². The van der Waals surface area contributed by atoms with Crippen molar-refractivity contribution in [2.75, 3.05) is 13.2 Å². The van der Waals surface area contributed by atoms with Gasteiger partial charge in [-0.3, -0.25) is 0 Å². The van der Waals surface area contributed by atoms with Crippen molar-refractivity contribution in [3.05, 3.63) is 16.8 Å². The van der Waals surface area contributed by atoms with Crippen LogP contribution in [-0.2, 0) is 17.6 Å². The molecule has 0 fully saturated rings. The number of aromatic carboxylic acids is 1. The summed E-state index contributed by atoms with van der Waals surface area (Å²) in [5.41, 5.74) is 1.51. The lowest BCUT2D eigenvalue weighted by atomic mass is 10.0. The minimum Gasteiger partial charge on any atom is -0.477 e. The lowest BCUT2D eigenvalue weighted by molar-refractivity contribution is 0.0524. The van der Waals surface area contributed by atoms with Crippen molar-refractivity contribution in [2.45, 2.75) is 46.6 Å². The van der Waals surface area contributed by atoms with E-state index in [1.807, 2.05) is 27.7 Å². The average molecular weight is 282 g/mol. The van der Waals surface area contributed by atoms with Crippen LogP contribution in [0.5, 0.6) is 5.88 Å². The fraction of sp³-hybridized carbons (Fsp3) is 0.643. The van der Waals surface area contributed by atoms with Crippen LogP contribution < -0.4 is 4.74 Å². The molecular formula is C14H22N2O4. The van der Waals surface area contributed by atoms with Crippen molar-refractivity contribution in [1.82, 2.24) is 10.2 Å². The molecule has 0 spiro atoms. The second-order valence-electron chi connectivity index (χ2n) is 4.59. The van der Waals surface area contributed by atoms with Crippen molar-refractivity contribution in [3.63, 3.8) is 0 Å². The van der Waals surface area contributed by atoms with Gasteiger partial charge in [0.15, 0.2) is 0 Å². The molecule has 0 unspecified atom stereocenters. The molecule has 0 saturated heterocycles. The third-order valence-corrected chi connectivity index (χ3v) is 2.80. The molecule has 20 heavy (non-hydrogen) atoms. The molecule has 1 N–H and O–H groups in total. The molecule has 0 bridgehead atoms. The topological polar surface area (TPSA) is 81.5 Å². The van der Waals surface area contributed by atoms with Crippen molar-refractivity contribution in [2.24, 2.45) is 0 Å². The summed E-state index contributed by atoms with van der Waals surface area (Å²) in [5, 5.41) is 17.3. The zero-order valence-electron chi connectivity index (χ0n) is 12.5. The van der Waals surface area contributed by atoms with Crippen LogP contribution in [-0.4, -0.2) is 40.6 Å². The number of hydrogen-bond donors (Lipinski definition) is 1. The summed E-state index contributed by atoms with van der Waals surface area (Å²) < 4.78 is 10.8. The Bertz CT molecular complexity index is 461. The molecule has 6 nitrogen and oxygen atoms in total. The molecule has 0 aromatic carbocycles. The van der Waals surface area contributed by atoms with Gasteiger partial charge in [-0.15, -0.1) is 5.10 Å². The Morgan fingerprint density at radius 3 is 2.40 bits per heavy atom. The molecule has 1 aromatic heterocycles. The van der Waals surface area contributed by atoms with Crippen molar-refractivity contribution < 1.29 is 19.4 Å². The molecule has 1 aromatic rings. The van der Waals surface area contributed by atoms with Gasteiger partial charge in [-0.2, -0.15) is 5.10 Å². The summed E-state index contributed by atoms with van der Waals surface area (Å²) in [4.78, 5) is 11.4. The maximum Gasteiger partial charge on any atom is 0.341 e. The van der Waals surface area contributed by atoms with E-state index < -0.39 is 5.97 Å². The molecule has 0 atom stereocenters. The standard InChI is InChI=1S/C14H22N2O4/c1-5-10-11(6-2)15-16-13(12(10)14(17)18)20-8-7-19-9(3)4/h9H,5-8H2,1-4H3,(H,17,18). The van der Waals surface area contributed by atoms with Gasteiger partial charge in [-0.1, -0.05) is 13.8 Å². The molecule has 112 valence electrons. The number of hydrogen-bond acceptors (Lipinski definition) is 5. The normalized spacial score (nSPS) is 10.8. The number of aromatic nitrogens is 2. The Labute approximate surface area is 119 Å². The molecule has 0 aliphatic carbocycles. The van der Waals surface area contributed by atoms with Crippen LogP contribution in [0.2, 0.25) is 0 Å². The maximum atomic E-state index is 11.4. The molecule has 1 heterocycles. The number of ether oxygens (including phenoxy) is 2. The first-order valence-electron chi connectivity index (χ1n) is 6.87. The van der Waals surface area contributed by atoms with Crippen LogP contribution in [0.1, 0.15) is 49.3 Å². The molecule has 0 radical (unpaired) electrons. The van der Waals surface area contributed by atoms with Gasteiger partial charge in [0.2, 0.25) is 5.88 Å². The van der Waals surface area contributed by atoms with E-state index in [0.717, 1.165) is 0 Å². The maximum absolute atomic E-state index is 11.4. The fourth-order valence-corrected chi connectivity index (χ4v) is 1.90. The highest BCUT2D eigenvalue weighted by Crippen LogP contribution is 2.22. The zero-order valence-corrected chi connectivity index (χ0v) is 12.5. The Morgan fingerprint density at radius 1 is 1.20 bits per heavy atom. The minimum absolute atomic E-state index is 0.0684. The van der Waals surface area contributed by atoms with E-state index in [1.54, 1.807) is 0 Å². The van der Waals surface area contributed by atoms with Gasteiger partial charge in [0, 0.05) is 0 Å². The van der Waals surface area contributed by atoms with Gasteiger partial charge < -0.3 is 14.6 Å². The smallest absolute Gasteiger partial charge is 0.341 e. The molecule has 1 rings (SSSR count). The predicted octanol–water partition coefficient (Wildman–Crippen LogP) is 2.10. The highest BCUT2D eigenvalue weighted by atomic mass is 16.5. The number of rotatable bonds is 8. The molecule has 0 aliphatic heterocycles. The lowest BCUT2D eigenvalue weighted by Gasteiger charge is -2.13. The van der Waals surface area contributed by atoms with Crippen LogP contribution in [0.15, 0.2) is 0 Å². The number of carboxylic acids is 1. The fourth-order valence-electron chi connectivity index (χ4n) is 1.90. The Kier molecular flexibility index (Phi) is 6.38. The Balaban J connectivity index is 2.92. The van der Waals surface area contributed by atoms with E-state index in [0.29, 0.717) is 30.7 Å². The molecule has 6 heteroatoms. The van der Waals surface area contributed by atoms with Crippen LogP contribution in [0.4, 0.5) is 0 Å². The second-order valence-corrected chi connectivity index (χ2v) is 4.59. The third-order valence-electron chi connectivity index (χ3n) is 2.80. The molecule has 0 saturated carbocycles. The summed E-state index contributed by atoms with van der Waals surface area (Å²) in [6, 6.07) is 0. The molecular weight excluding hydrogens is 260 g/mol. The Hall–Kier alpha value is -1.69. The van der Waals surface area contributed by atoms with Crippen molar-refractivity contribution in [1.29, 1.82) is 0 Å². The SMILES string of the molecule is CCc1nnc(OCCOC(C)C)c(C(=O)O)c1CC. The minimum atomic E-state index is -1.04. The second kappa shape index (κ2) is 7.79. The van der Waals surface area contributed by atoms with Gasteiger partial charge in [0.1, 0.15) is 12.2 Å². The number of carbonyl (C=O) groups is 1. The third kappa shape index (κ3) is 4.16. The van der Waals surface area contributed by atoms with Crippen LogP contribution in [0.25, 0.3) is 0 Å². The number of nitrogens with zero attached hydrogens (tertiary/aromatic N) is 2. The van der Waals surface area contributed by atoms with Gasteiger partial charge in [-0.25, -0.2) is 4.79 Å². The van der Waals surface area contributed by atoms with E-state index in [1.165, 1.54) is 0 Å². The first kappa shape index (κ1) is 16.4. The monoisotopic (exact) mass is 282 g/mol. The number of aryl methyl sites for hydroxylation is 1. The average Bonchev–Trinajstić information content (AvgIpc) is 2.41. The van der Waals surface area contributed by atoms with Crippen LogP contribution in [0, 0.1) is 0 Å². The quantitative estimate of drug-likeness (QED) is 0.735. The first-order valence-corrected chi connectivity index (χ1v) is 6.87. The van der Waals surface area contributed by atoms with Crippen LogP contribution in [0.3, 0.4) is 0 Å². The van der Waals surface area contributed by atoms with Crippen molar-refractivity contribution in [3.8, 4) is 5.88 Å². The summed E-state index contributed by atoms with van der Waals surface area (Å²) in [6.07, 6.45) is 1.34. The lowest BCUT2D eigenvalue weighted by Crippen LogP contribution is -2.16. The summed E-state index contributed by atoms with van der Waals surface area (Å²) >= 11 is 0. The van der Waals surface area contributed by atoms with Crippen molar-refractivity contribution >= 4 is 5.97 Å². The molecule has 0 aliphatic rings. The summed E-state index contributed by atoms with van der Waals surface area (Å²) in [5.74, 6) is -0.967. The van der Waals surface area contributed by atoms with E-state index >= 15 is 0 Å². The number of carboxylic acid groups (broad SMARTS) is 1. The van der Waals surface area contributed by atoms with Gasteiger partial charge in [0.05, 0.1) is 18.4 Å². The zero-order chi connectivity index (χ0) is 15.1. The van der Waals surface area contributed by atoms with Gasteiger partial charge in [-0.05, 0) is 32.3 Å². The van der Waals surface area contributed by atoms with Crippen LogP contribution >= 0.6 is 0 Å². The van der Waals surface area contributed by atoms with E-state index in [-0.39, 0.29) is 24.2 Å². The van der Waals surface area contributed by atoms with Gasteiger partial charge in [0.25, 0.3) is 0 Å². The van der Waals surface area contributed by atoms with E-state index in [9.17, 15) is 9.90 Å².